The van der Waals surface area contributed by atoms with Crippen LogP contribution in [0.25, 0.3) is 11.0 Å². The lowest BCUT2D eigenvalue weighted by atomic mass is 10.3. The molecule has 1 heterocycles. The number of hydrogen-bond acceptors (Lipinski definition) is 4. The summed E-state index contributed by atoms with van der Waals surface area (Å²) < 4.78 is 12.7. The van der Waals surface area contributed by atoms with Crippen molar-refractivity contribution in [1.29, 1.82) is 0 Å². The van der Waals surface area contributed by atoms with E-state index in [0.717, 1.165) is 22.6 Å². The Labute approximate surface area is 127 Å². The quantitative estimate of drug-likeness (QED) is 0.594. The highest BCUT2D eigenvalue weighted by Gasteiger charge is 2.13. The van der Waals surface area contributed by atoms with Gasteiger partial charge in [0.25, 0.3) is 0 Å². The second-order valence-corrected chi connectivity index (χ2v) is 4.66. The van der Waals surface area contributed by atoms with Gasteiger partial charge in [0.2, 0.25) is 5.91 Å². The zero-order valence-corrected chi connectivity index (χ0v) is 12.6. The fourth-order valence-corrected chi connectivity index (χ4v) is 2.33. The van der Waals surface area contributed by atoms with Gasteiger partial charge in [0.05, 0.1) is 24.6 Å². The number of hydrogen-bond donors (Lipinski definition) is 1. The lowest BCUT2D eigenvalue weighted by molar-refractivity contribution is -0.122. The maximum Gasteiger partial charge on any atom is 0.243 e. The Morgan fingerprint density at radius 2 is 2.29 bits per heavy atom. The lowest BCUT2D eigenvalue weighted by Crippen LogP contribution is -2.20. The van der Waals surface area contributed by atoms with Gasteiger partial charge in [0, 0.05) is 6.54 Å². The second kappa shape index (κ2) is 7.28. The van der Waals surface area contributed by atoms with Crippen LogP contribution < -0.4 is 10.5 Å². The molecular weight excluding hydrogens is 294 g/mol. The van der Waals surface area contributed by atoms with Crippen LogP contribution >= 0.6 is 11.6 Å². The number of rotatable bonds is 8. The minimum Gasteiger partial charge on any atom is -0.492 e. The summed E-state index contributed by atoms with van der Waals surface area (Å²) in [5.74, 6) is 1.28. The third-order valence-corrected chi connectivity index (χ3v) is 3.18. The Kier molecular flexibility index (Phi) is 5.41. The average molecular weight is 312 g/mol. The van der Waals surface area contributed by atoms with Crippen molar-refractivity contribution < 1.29 is 14.3 Å². The van der Waals surface area contributed by atoms with Crippen molar-refractivity contribution in [2.45, 2.75) is 19.3 Å². The van der Waals surface area contributed by atoms with Gasteiger partial charge < -0.3 is 19.8 Å². The first-order valence-electron chi connectivity index (χ1n) is 6.70. The molecule has 0 aliphatic carbocycles. The van der Waals surface area contributed by atoms with Gasteiger partial charge >= 0.3 is 0 Å². The van der Waals surface area contributed by atoms with E-state index in [0.29, 0.717) is 19.8 Å². The SMILES string of the molecule is CCOc1cccc2c1nc(CCl)n2CCOCC(N)=O. The average Bonchev–Trinajstić information content (AvgIpc) is 2.83. The van der Waals surface area contributed by atoms with Crippen molar-refractivity contribution >= 4 is 28.5 Å². The molecule has 2 N–H and O–H groups in total. The number of nitrogens with zero attached hydrogens (tertiary/aromatic N) is 2. The first-order valence-corrected chi connectivity index (χ1v) is 7.23. The van der Waals surface area contributed by atoms with Crippen molar-refractivity contribution in [3.8, 4) is 5.75 Å². The molecular formula is C14H18ClN3O3. The minimum absolute atomic E-state index is 0.0902. The molecule has 0 atom stereocenters. The van der Waals surface area contributed by atoms with Gasteiger partial charge in [0.1, 0.15) is 23.7 Å². The third kappa shape index (κ3) is 3.65. The van der Waals surface area contributed by atoms with Crippen LogP contribution in [0.4, 0.5) is 0 Å². The fraction of sp³-hybridized carbons (Fsp3) is 0.429. The number of alkyl halides is 1. The van der Waals surface area contributed by atoms with Crippen molar-refractivity contribution in [3.05, 3.63) is 24.0 Å². The Bertz CT molecular complexity index is 627. The number of imidazole rings is 1. The molecule has 1 amide bonds. The Morgan fingerprint density at radius 3 is 2.95 bits per heavy atom. The molecule has 6 nitrogen and oxygen atoms in total. The van der Waals surface area contributed by atoms with Crippen LogP contribution in [0, 0.1) is 0 Å². The predicted octanol–water partition coefficient (Wildman–Crippen LogP) is 1.68. The Morgan fingerprint density at radius 1 is 1.48 bits per heavy atom. The maximum atomic E-state index is 10.7. The Hall–Kier alpha value is -1.79. The fourth-order valence-electron chi connectivity index (χ4n) is 2.12. The highest BCUT2D eigenvalue weighted by atomic mass is 35.5. The molecule has 0 fully saturated rings. The molecule has 1 aromatic carbocycles. The second-order valence-electron chi connectivity index (χ2n) is 4.39. The largest absolute Gasteiger partial charge is 0.492 e. The number of carbonyl (C=O) groups excluding carboxylic acids is 1. The van der Waals surface area contributed by atoms with E-state index in [-0.39, 0.29) is 12.5 Å². The molecule has 0 saturated heterocycles. The summed E-state index contributed by atoms with van der Waals surface area (Å²) in [6, 6.07) is 5.74. The van der Waals surface area contributed by atoms with E-state index in [4.69, 9.17) is 26.8 Å². The van der Waals surface area contributed by atoms with E-state index < -0.39 is 5.91 Å². The first-order chi connectivity index (χ1) is 10.2. The zero-order valence-electron chi connectivity index (χ0n) is 11.8. The summed E-state index contributed by atoms with van der Waals surface area (Å²) in [6.07, 6.45) is 0. The van der Waals surface area contributed by atoms with Gasteiger partial charge in [-0.15, -0.1) is 11.6 Å². The zero-order chi connectivity index (χ0) is 15.2. The molecule has 2 rings (SSSR count). The van der Waals surface area contributed by atoms with Crippen LogP contribution in [0.1, 0.15) is 12.7 Å². The van der Waals surface area contributed by atoms with Crippen LogP contribution in [0.3, 0.4) is 0 Å². The molecule has 0 spiro atoms. The van der Waals surface area contributed by atoms with Gasteiger partial charge in [-0.1, -0.05) is 6.07 Å². The van der Waals surface area contributed by atoms with Crippen molar-refractivity contribution in [2.24, 2.45) is 5.73 Å². The first kappa shape index (κ1) is 15.6. The molecule has 1 aromatic heterocycles. The van der Waals surface area contributed by atoms with Crippen molar-refractivity contribution in [3.63, 3.8) is 0 Å². The van der Waals surface area contributed by atoms with Crippen LogP contribution in [0.5, 0.6) is 5.75 Å². The summed E-state index contributed by atoms with van der Waals surface area (Å²) in [7, 11) is 0. The van der Waals surface area contributed by atoms with Crippen LogP contribution in [-0.2, 0) is 22.0 Å². The number of aromatic nitrogens is 2. The minimum atomic E-state index is -0.485. The molecule has 114 valence electrons. The summed E-state index contributed by atoms with van der Waals surface area (Å²) in [5.41, 5.74) is 6.74. The smallest absolute Gasteiger partial charge is 0.243 e. The molecule has 0 radical (unpaired) electrons. The summed E-state index contributed by atoms with van der Waals surface area (Å²) in [6.45, 7) is 3.31. The number of para-hydroxylation sites is 1. The summed E-state index contributed by atoms with van der Waals surface area (Å²) in [5, 5.41) is 0. The maximum absolute atomic E-state index is 10.7. The molecule has 0 saturated carbocycles. The molecule has 0 bridgehead atoms. The van der Waals surface area contributed by atoms with E-state index in [1.54, 1.807) is 0 Å². The lowest BCUT2D eigenvalue weighted by Gasteiger charge is -2.08. The summed E-state index contributed by atoms with van der Waals surface area (Å²) in [4.78, 5) is 15.2. The topological polar surface area (TPSA) is 79.4 Å². The molecule has 0 aliphatic rings. The van der Waals surface area contributed by atoms with E-state index in [1.807, 2.05) is 29.7 Å². The van der Waals surface area contributed by atoms with E-state index in [9.17, 15) is 4.79 Å². The Balaban J connectivity index is 2.24. The predicted molar refractivity (Wildman–Crippen MR) is 80.5 cm³/mol. The number of primary amides is 1. The standard InChI is InChI=1S/C14H18ClN3O3/c1-2-21-11-5-3-4-10-14(11)17-13(8-15)18(10)6-7-20-9-12(16)19/h3-5H,2,6-9H2,1H3,(H2,16,19). The molecule has 0 unspecified atom stereocenters. The number of benzene rings is 1. The van der Waals surface area contributed by atoms with Gasteiger partial charge in [-0.3, -0.25) is 4.79 Å². The van der Waals surface area contributed by atoms with Crippen LogP contribution in [0.2, 0.25) is 0 Å². The highest BCUT2D eigenvalue weighted by molar-refractivity contribution is 6.16. The number of halogens is 1. The third-order valence-electron chi connectivity index (χ3n) is 2.94. The number of carbonyl (C=O) groups is 1. The summed E-state index contributed by atoms with van der Waals surface area (Å²) >= 11 is 5.96. The number of fused-ring (bicyclic) bond motifs is 1. The van der Waals surface area contributed by atoms with E-state index in [1.165, 1.54) is 0 Å². The van der Waals surface area contributed by atoms with E-state index >= 15 is 0 Å². The van der Waals surface area contributed by atoms with Gasteiger partial charge in [-0.25, -0.2) is 4.98 Å². The van der Waals surface area contributed by atoms with Crippen LogP contribution in [-0.4, -0.2) is 35.3 Å². The molecule has 21 heavy (non-hydrogen) atoms. The normalized spacial score (nSPS) is 11.0. The number of nitrogens with two attached hydrogens (primary N) is 1. The van der Waals surface area contributed by atoms with Crippen LogP contribution in [0.15, 0.2) is 18.2 Å². The van der Waals surface area contributed by atoms with Crippen molar-refractivity contribution in [1.82, 2.24) is 9.55 Å². The van der Waals surface area contributed by atoms with E-state index in [2.05, 4.69) is 4.98 Å². The van der Waals surface area contributed by atoms with Gasteiger partial charge in [-0.05, 0) is 19.1 Å². The number of ether oxygens (including phenoxy) is 2. The van der Waals surface area contributed by atoms with Gasteiger partial charge in [0.15, 0.2) is 0 Å². The molecule has 7 heteroatoms. The highest BCUT2D eigenvalue weighted by Crippen LogP contribution is 2.26. The monoisotopic (exact) mass is 311 g/mol. The molecule has 2 aromatic rings. The van der Waals surface area contributed by atoms with Crippen molar-refractivity contribution in [2.75, 3.05) is 19.8 Å². The van der Waals surface area contributed by atoms with Gasteiger partial charge in [-0.2, -0.15) is 0 Å². The number of amides is 1. The molecule has 0 aliphatic heterocycles.